The number of likely N-dealkylation sites (tertiary alicyclic amines) is 2. The van der Waals surface area contributed by atoms with Gasteiger partial charge >= 0.3 is 0 Å². The number of amides is 1. The lowest BCUT2D eigenvalue weighted by Gasteiger charge is -2.39. The summed E-state index contributed by atoms with van der Waals surface area (Å²) in [5.41, 5.74) is 2.51. The Kier molecular flexibility index (Phi) is 6.87. The lowest BCUT2D eigenvalue weighted by molar-refractivity contribution is -0.133. The molecule has 168 valence electrons. The maximum Gasteiger partial charge on any atom is 0.222 e. The number of aromatic nitrogens is 2. The Bertz CT molecular complexity index is 890. The molecule has 6 nitrogen and oxygen atoms in total. The maximum absolute atomic E-state index is 12.6. The van der Waals surface area contributed by atoms with Gasteiger partial charge in [-0.2, -0.15) is 5.10 Å². The third kappa shape index (κ3) is 5.24. The minimum absolute atomic E-state index is 0.263. The molecule has 1 spiro atoms. The minimum atomic E-state index is 0.263. The number of ether oxygens (including phenoxy) is 1. The highest BCUT2D eigenvalue weighted by Gasteiger charge is 2.41. The second-order valence-electron chi connectivity index (χ2n) is 9.08. The van der Waals surface area contributed by atoms with E-state index in [9.17, 15) is 4.79 Å². The van der Waals surface area contributed by atoms with Crippen molar-refractivity contribution in [3.63, 3.8) is 0 Å². The monoisotopic (exact) mass is 444 g/mol. The zero-order chi connectivity index (χ0) is 21.8. The molecule has 0 saturated carbocycles. The van der Waals surface area contributed by atoms with E-state index in [1.165, 1.54) is 6.42 Å². The molecule has 1 aromatic carbocycles. The Balaban J connectivity index is 1.20. The van der Waals surface area contributed by atoms with Crippen LogP contribution in [-0.2, 0) is 18.4 Å². The van der Waals surface area contributed by atoms with Gasteiger partial charge in [-0.3, -0.25) is 14.4 Å². The summed E-state index contributed by atoms with van der Waals surface area (Å²) in [5.74, 6) is 1.13. The fraction of sp³-hybridized carbons (Fsp3) is 0.583. The number of benzene rings is 1. The molecule has 0 atom stereocenters. The number of carbonyl (C=O) groups is 1. The van der Waals surface area contributed by atoms with Gasteiger partial charge in [-0.1, -0.05) is 29.8 Å². The van der Waals surface area contributed by atoms with Gasteiger partial charge in [0, 0.05) is 45.2 Å². The van der Waals surface area contributed by atoms with Gasteiger partial charge in [-0.25, -0.2) is 0 Å². The van der Waals surface area contributed by atoms with Crippen LogP contribution in [0.3, 0.4) is 0 Å². The van der Waals surface area contributed by atoms with E-state index >= 15 is 0 Å². The second-order valence-corrected chi connectivity index (χ2v) is 9.44. The van der Waals surface area contributed by atoms with E-state index in [0.717, 1.165) is 74.1 Å². The molecule has 0 aliphatic carbocycles. The van der Waals surface area contributed by atoms with E-state index in [1.807, 2.05) is 44.3 Å². The number of piperidine rings is 1. The van der Waals surface area contributed by atoms with E-state index in [-0.39, 0.29) is 5.91 Å². The quantitative estimate of drug-likeness (QED) is 0.604. The average Bonchev–Trinajstić information content (AvgIpc) is 3.27. The van der Waals surface area contributed by atoms with Crippen molar-refractivity contribution in [2.45, 2.75) is 45.6 Å². The summed E-state index contributed by atoms with van der Waals surface area (Å²) in [4.78, 5) is 17.2. The number of hydrogen-bond acceptors (Lipinski definition) is 4. The van der Waals surface area contributed by atoms with E-state index in [4.69, 9.17) is 16.3 Å². The predicted molar refractivity (Wildman–Crippen MR) is 122 cm³/mol. The minimum Gasteiger partial charge on any atom is -0.494 e. The standard InChI is InChI=1S/C24H33ClN4O2/c1-19-21(23(25)27(2)26-19)17-28-13-10-24(18-28)11-14-29(15-12-24)22(30)9-6-16-31-20-7-4-3-5-8-20/h3-5,7-8H,6,9-18H2,1-2H3. The summed E-state index contributed by atoms with van der Waals surface area (Å²) in [6, 6.07) is 9.78. The van der Waals surface area contributed by atoms with Gasteiger partial charge in [0.2, 0.25) is 5.91 Å². The molecule has 4 rings (SSSR count). The third-order valence-electron chi connectivity index (χ3n) is 6.89. The molecule has 7 heteroatoms. The molecule has 2 aliphatic heterocycles. The average molecular weight is 445 g/mol. The summed E-state index contributed by atoms with van der Waals surface area (Å²) in [5, 5.41) is 5.18. The largest absolute Gasteiger partial charge is 0.494 e. The van der Waals surface area contributed by atoms with Crippen LogP contribution in [0.25, 0.3) is 0 Å². The molecule has 31 heavy (non-hydrogen) atoms. The smallest absolute Gasteiger partial charge is 0.222 e. The van der Waals surface area contributed by atoms with Crippen molar-refractivity contribution in [1.82, 2.24) is 19.6 Å². The van der Waals surface area contributed by atoms with Crippen LogP contribution in [0.4, 0.5) is 0 Å². The highest BCUT2D eigenvalue weighted by molar-refractivity contribution is 6.30. The second kappa shape index (κ2) is 9.61. The van der Waals surface area contributed by atoms with Crippen molar-refractivity contribution >= 4 is 17.5 Å². The van der Waals surface area contributed by atoms with Crippen molar-refractivity contribution < 1.29 is 9.53 Å². The fourth-order valence-corrected chi connectivity index (χ4v) is 5.20. The SMILES string of the molecule is Cc1nn(C)c(Cl)c1CN1CCC2(CCN(C(=O)CCCOc3ccccc3)CC2)C1. The normalized spacial score (nSPS) is 18.6. The number of halogens is 1. The van der Waals surface area contributed by atoms with E-state index in [1.54, 1.807) is 4.68 Å². The molecule has 0 bridgehead atoms. The number of aryl methyl sites for hydroxylation is 2. The fourth-order valence-electron chi connectivity index (χ4n) is 4.97. The molecule has 0 N–H and O–H groups in total. The highest BCUT2D eigenvalue weighted by atomic mass is 35.5. The number of carbonyl (C=O) groups excluding carboxylic acids is 1. The van der Waals surface area contributed by atoms with Gasteiger partial charge in [0.15, 0.2) is 0 Å². The first kappa shape index (κ1) is 22.2. The number of rotatable bonds is 7. The Hall–Kier alpha value is -2.05. The Labute approximate surface area is 190 Å². The summed E-state index contributed by atoms with van der Waals surface area (Å²) in [6.07, 6.45) is 4.71. The molecule has 3 heterocycles. The van der Waals surface area contributed by atoms with Crippen molar-refractivity contribution in [2.75, 3.05) is 32.8 Å². The van der Waals surface area contributed by atoms with Gasteiger partial charge in [-0.15, -0.1) is 0 Å². The van der Waals surface area contributed by atoms with E-state index < -0.39 is 0 Å². The maximum atomic E-state index is 12.6. The molecule has 2 fully saturated rings. The van der Waals surface area contributed by atoms with Crippen LogP contribution in [0, 0.1) is 12.3 Å². The van der Waals surface area contributed by atoms with Crippen molar-refractivity contribution in [1.29, 1.82) is 0 Å². The Morgan fingerprint density at radius 2 is 1.87 bits per heavy atom. The van der Waals surface area contributed by atoms with Crippen LogP contribution in [0.5, 0.6) is 5.75 Å². The van der Waals surface area contributed by atoms with Crippen LogP contribution in [0.2, 0.25) is 5.15 Å². The molecule has 1 aromatic heterocycles. The zero-order valence-electron chi connectivity index (χ0n) is 18.6. The molecule has 0 unspecified atom stereocenters. The number of hydrogen-bond donors (Lipinski definition) is 0. The molecular weight excluding hydrogens is 412 g/mol. The number of nitrogens with zero attached hydrogens (tertiary/aromatic N) is 4. The van der Waals surface area contributed by atoms with E-state index in [2.05, 4.69) is 14.9 Å². The molecule has 1 amide bonds. The first-order valence-electron chi connectivity index (χ1n) is 11.3. The van der Waals surface area contributed by atoms with Crippen LogP contribution in [-0.4, -0.2) is 58.3 Å². The first-order valence-corrected chi connectivity index (χ1v) is 11.7. The lowest BCUT2D eigenvalue weighted by atomic mass is 9.77. The van der Waals surface area contributed by atoms with Crippen LogP contribution in [0.15, 0.2) is 30.3 Å². The van der Waals surface area contributed by atoms with E-state index in [0.29, 0.717) is 18.4 Å². The summed E-state index contributed by atoms with van der Waals surface area (Å²) in [6.45, 7) is 7.41. The van der Waals surface area contributed by atoms with Crippen molar-refractivity contribution in [2.24, 2.45) is 12.5 Å². The van der Waals surface area contributed by atoms with Gasteiger partial charge in [0.1, 0.15) is 10.9 Å². The summed E-state index contributed by atoms with van der Waals surface area (Å²) < 4.78 is 7.46. The molecule has 2 saturated heterocycles. The van der Waals surface area contributed by atoms with Gasteiger partial charge in [0.05, 0.1) is 12.3 Å². The number of para-hydroxylation sites is 1. The Morgan fingerprint density at radius 3 is 2.55 bits per heavy atom. The topological polar surface area (TPSA) is 50.6 Å². The summed E-state index contributed by atoms with van der Waals surface area (Å²) in [7, 11) is 1.89. The lowest BCUT2D eigenvalue weighted by Crippen LogP contribution is -2.44. The summed E-state index contributed by atoms with van der Waals surface area (Å²) >= 11 is 6.43. The molecule has 0 radical (unpaired) electrons. The third-order valence-corrected chi connectivity index (χ3v) is 7.37. The first-order chi connectivity index (χ1) is 15.0. The van der Waals surface area contributed by atoms with Crippen LogP contribution in [0.1, 0.15) is 43.4 Å². The molecule has 2 aliphatic rings. The zero-order valence-corrected chi connectivity index (χ0v) is 19.4. The van der Waals surface area contributed by atoms with Gasteiger partial charge in [-0.05, 0) is 56.7 Å². The van der Waals surface area contributed by atoms with Crippen molar-refractivity contribution in [3.8, 4) is 5.75 Å². The predicted octanol–water partition coefficient (Wildman–Crippen LogP) is 4.06. The molecule has 2 aromatic rings. The van der Waals surface area contributed by atoms with Crippen LogP contribution >= 0.6 is 11.6 Å². The van der Waals surface area contributed by atoms with Crippen LogP contribution < -0.4 is 4.74 Å². The Morgan fingerprint density at radius 1 is 1.16 bits per heavy atom. The van der Waals surface area contributed by atoms with Crippen molar-refractivity contribution in [3.05, 3.63) is 46.7 Å². The van der Waals surface area contributed by atoms with Gasteiger partial charge in [0.25, 0.3) is 0 Å². The molecular formula is C24H33ClN4O2. The van der Waals surface area contributed by atoms with Gasteiger partial charge < -0.3 is 9.64 Å². The highest BCUT2D eigenvalue weighted by Crippen LogP contribution is 2.41.